The second-order valence-electron chi connectivity index (χ2n) is 5.66. The third kappa shape index (κ3) is 3.56. The van der Waals surface area contributed by atoms with Crippen molar-refractivity contribution in [2.45, 2.75) is 13.3 Å². The molecule has 128 valence electrons. The van der Waals surface area contributed by atoms with Gasteiger partial charge in [-0.3, -0.25) is 4.79 Å². The SMILES string of the molecule is Cc1ccc(C(=O)N(CCC#N)c2ccc3c(c2)OCCO3)cc1F. The Kier molecular flexibility index (Phi) is 4.85. The van der Waals surface area contributed by atoms with Crippen LogP contribution in [0.4, 0.5) is 10.1 Å². The Balaban J connectivity index is 1.95. The van der Waals surface area contributed by atoms with E-state index < -0.39 is 5.82 Å². The van der Waals surface area contributed by atoms with E-state index in [0.29, 0.717) is 36.0 Å². The number of hydrogen-bond donors (Lipinski definition) is 0. The first-order valence-electron chi connectivity index (χ1n) is 7.95. The number of carbonyl (C=O) groups excluding carboxylic acids is 1. The van der Waals surface area contributed by atoms with Crippen molar-refractivity contribution >= 4 is 11.6 Å². The predicted molar refractivity (Wildman–Crippen MR) is 90.5 cm³/mol. The van der Waals surface area contributed by atoms with Crippen LogP contribution in [0, 0.1) is 24.1 Å². The number of halogens is 1. The number of hydrogen-bond acceptors (Lipinski definition) is 4. The van der Waals surface area contributed by atoms with Crippen LogP contribution in [0.25, 0.3) is 0 Å². The van der Waals surface area contributed by atoms with Crippen molar-refractivity contribution < 1.29 is 18.7 Å². The number of nitriles is 1. The zero-order valence-corrected chi connectivity index (χ0v) is 13.8. The Morgan fingerprint density at radius 2 is 1.96 bits per heavy atom. The minimum atomic E-state index is -0.437. The highest BCUT2D eigenvalue weighted by atomic mass is 19.1. The van der Waals surface area contributed by atoms with E-state index in [-0.39, 0.29) is 24.4 Å². The Labute approximate surface area is 145 Å². The third-order valence-electron chi connectivity index (χ3n) is 3.95. The van der Waals surface area contributed by atoms with E-state index in [1.54, 1.807) is 37.3 Å². The number of fused-ring (bicyclic) bond motifs is 1. The number of ether oxygens (including phenoxy) is 2. The lowest BCUT2D eigenvalue weighted by Crippen LogP contribution is -2.32. The number of anilines is 1. The van der Waals surface area contributed by atoms with Crippen molar-refractivity contribution in [1.82, 2.24) is 0 Å². The lowest BCUT2D eigenvalue weighted by Gasteiger charge is -2.25. The third-order valence-corrected chi connectivity index (χ3v) is 3.95. The molecule has 0 bridgehead atoms. The minimum absolute atomic E-state index is 0.161. The van der Waals surface area contributed by atoms with Gasteiger partial charge < -0.3 is 14.4 Å². The number of nitrogens with zero attached hydrogens (tertiary/aromatic N) is 2. The highest BCUT2D eigenvalue weighted by molar-refractivity contribution is 6.06. The van der Waals surface area contributed by atoms with E-state index in [9.17, 15) is 9.18 Å². The first kappa shape index (κ1) is 16.8. The van der Waals surface area contributed by atoms with E-state index in [1.165, 1.54) is 11.0 Å². The molecule has 2 aromatic carbocycles. The number of carbonyl (C=O) groups is 1. The van der Waals surface area contributed by atoms with Crippen molar-refractivity contribution in [1.29, 1.82) is 5.26 Å². The van der Waals surface area contributed by atoms with Crippen molar-refractivity contribution in [2.75, 3.05) is 24.7 Å². The number of aryl methyl sites for hydroxylation is 1. The van der Waals surface area contributed by atoms with Crippen LogP contribution in [-0.2, 0) is 0 Å². The van der Waals surface area contributed by atoms with Crippen LogP contribution in [0.2, 0.25) is 0 Å². The van der Waals surface area contributed by atoms with Crippen LogP contribution in [-0.4, -0.2) is 25.7 Å². The van der Waals surface area contributed by atoms with Gasteiger partial charge in [0, 0.05) is 23.9 Å². The van der Waals surface area contributed by atoms with Crippen molar-refractivity contribution in [3.63, 3.8) is 0 Å². The number of benzene rings is 2. The molecule has 6 heteroatoms. The summed E-state index contributed by atoms with van der Waals surface area (Å²) in [6, 6.07) is 11.6. The van der Waals surface area contributed by atoms with Crippen LogP contribution in [0.5, 0.6) is 11.5 Å². The summed E-state index contributed by atoms with van der Waals surface area (Å²) in [5.41, 5.74) is 1.28. The molecule has 2 aromatic rings. The molecule has 0 unspecified atom stereocenters. The molecule has 0 saturated carbocycles. The Morgan fingerprint density at radius 1 is 1.20 bits per heavy atom. The molecule has 5 nitrogen and oxygen atoms in total. The van der Waals surface area contributed by atoms with Gasteiger partial charge in [-0.15, -0.1) is 0 Å². The van der Waals surface area contributed by atoms with Gasteiger partial charge in [-0.05, 0) is 36.8 Å². The molecule has 0 spiro atoms. The Bertz CT molecular complexity index is 845. The van der Waals surface area contributed by atoms with E-state index in [1.807, 2.05) is 6.07 Å². The molecule has 0 radical (unpaired) electrons. The van der Waals surface area contributed by atoms with Crippen molar-refractivity contribution in [2.24, 2.45) is 0 Å². The van der Waals surface area contributed by atoms with E-state index >= 15 is 0 Å². The standard InChI is InChI=1S/C19H17FN2O3/c1-13-3-4-14(11-16(13)20)19(23)22(8-2-7-21)15-5-6-17-18(12-15)25-10-9-24-17/h3-6,11-12H,2,8-10H2,1H3. The lowest BCUT2D eigenvalue weighted by molar-refractivity contribution is 0.0987. The van der Waals surface area contributed by atoms with Gasteiger partial charge in [-0.25, -0.2) is 4.39 Å². The predicted octanol–water partition coefficient (Wildman–Crippen LogP) is 3.47. The van der Waals surface area contributed by atoms with Gasteiger partial charge in [-0.2, -0.15) is 5.26 Å². The molecule has 0 aliphatic carbocycles. The van der Waals surface area contributed by atoms with Gasteiger partial charge in [-0.1, -0.05) is 6.07 Å². The van der Waals surface area contributed by atoms with E-state index in [0.717, 1.165) is 0 Å². The molecule has 0 fully saturated rings. The number of amides is 1. The maximum Gasteiger partial charge on any atom is 0.258 e. The van der Waals surface area contributed by atoms with E-state index in [4.69, 9.17) is 14.7 Å². The van der Waals surface area contributed by atoms with Gasteiger partial charge >= 0.3 is 0 Å². The second kappa shape index (κ2) is 7.22. The summed E-state index contributed by atoms with van der Waals surface area (Å²) < 4.78 is 24.9. The quantitative estimate of drug-likeness (QED) is 0.855. The Hall–Kier alpha value is -3.07. The van der Waals surface area contributed by atoms with E-state index in [2.05, 4.69) is 0 Å². The summed E-state index contributed by atoms with van der Waals surface area (Å²) in [5.74, 6) is 0.358. The average molecular weight is 340 g/mol. The van der Waals surface area contributed by atoms with Gasteiger partial charge in [0.15, 0.2) is 11.5 Å². The van der Waals surface area contributed by atoms with Gasteiger partial charge in [0.2, 0.25) is 0 Å². The summed E-state index contributed by atoms with van der Waals surface area (Å²) in [5, 5.41) is 8.89. The monoisotopic (exact) mass is 340 g/mol. The summed E-state index contributed by atoms with van der Waals surface area (Å²) in [6.07, 6.45) is 0.161. The molecule has 0 aromatic heterocycles. The molecule has 0 N–H and O–H groups in total. The van der Waals surface area contributed by atoms with Crippen LogP contribution >= 0.6 is 0 Å². The van der Waals surface area contributed by atoms with Gasteiger partial charge in [0.1, 0.15) is 19.0 Å². The smallest absolute Gasteiger partial charge is 0.258 e. The van der Waals surface area contributed by atoms with Gasteiger partial charge in [0.05, 0.1) is 12.5 Å². The van der Waals surface area contributed by atoms with Crippen LogP contribution in [0.1, 0.15) is 22.3 Å². The largest absolute Gasteiger partial charge is 0.486 e. The molecule has 1 amide bonds. The van der Waals surface area contributed by atoms with Crippen molar-refractivity contribution in [3.05, 3.63) is 53.3 Å². The Morgan fingerprint density at radius 3 is 2.68 bits per heavy atom. The van der Waals surface area contributed by atoms with Gasteiger partial charge in [0.25, 0.3) is 5.91 Å². The molecular weight excluding hydrogens is 323 g/mol. The zero-order chi connectivity index (χ0) is 17.8. The van der Waals surface area contributed by atoms with Crippen molar-refractivity contribution in [3.8, 4) is 17.6 Å². The molecule has 3 rings (SSSR count). The highest BCUT2D eigenvalue weighted by Gasteiger charge is 2.21. The molecule has 1 heterocycles. The first-order chi connectivity index (χ1) is 12.1. The van der Waals surface area contributed by atoms with Crippen LogP contribution in [0.3, 0.4) is 0 Å². The summed E-state index contributed by atoms with van der Waals surface area (Å²) in [4.78, 5) is 14.3. The zero-order valence-electron chi connectivity index (χ0n) is 13.8. The summed E-state index contributed by atoms with van der Waals surface area (Å²) in [7, 11) is 0. The minimum Gasteiger partial charge on any atom is -0.486 e. The molecule has 1 aliphatic rings. The lowest BCUT2D eigenvalue weighted by atomic mass is 10.1. The maximum atomic E-state index is 13.8. The normalized spacial score (nSPS) is 12.4. The molecule has 0 saturated heterocycles. The molecular formula is C19H17FN2O3. The van der Waals surface area contributed by atoms with Crippen LogP contribution in [0.15, 0.2) is 36.4 Å². The summed E-state index contributed by atoms with van der Waals surface area (Å²) in [6.45, 7) is 2.75. The second-order valence-corrected chi connectivity index (χ2v) is 5.66. The fraction of sp³-hybridized carbons (Fsp3) is 0.263. The molecule has 0 atom stereocenters. The van der Waals surface area contributed by atoms with Crippen LogP contribution < -0.4 is 14.4 Å². The fourth-order valence-corrected chi connectivity index (χ4v) is 2.59. The maximum absolute atomic E-state index is 13.8. The molecule has 1 aliphatic heterocycles. The first-order valence-corrected chi connectivity index (χ1v) is 7.95. The molecule has 25 heavy (non-hydrogen) atoms. The average Bonchev–Trinajstić information content (AvgIpc) is 2.64. The number of rotatable bonds is 4. The fourth-order valence-electron chi connectivity index (χ4n) is 2.59. The topological polar surface area (TPSA) is 62.6 Å². The summed E-state index contributed by atoms with van der Waals surface area (Å²) >= 11 is 0. The highest BCUT2D eigenvalue weighted by Crippen LogP contribution is 2.34.